The molecule has 0 aromatic carbocycles. The van der Waals surface area contributed by atoms with Crippen LogP contribution < -0.4 is 16.0 Å². The highest BCUT2D eigenvalue weighted by molar-refractivity contribution is 7.87. The largest absolute Gasteiger partial charge is 0.395 e. The standard InChI is InChI=1S/C27H44N6O7S2/c1-7-10-22(25(8-2)42(38,39)40)13-11-21-12-14-23(18-24(17-21)41(35,36)37)31-20(4)32-27(30-15-16-34)33(6)26(28-5)19-29-9-3/h7-8,10-14,17-18,22,24-25,27,29-30,34H,2,9,15-16,19H2,1,3-6H3,(H,31,32)(H,35,36,37)(H,38,39,40)/b10-7-,13-11+,28-26?. The Morgan fingerprint density at radius 2 is 1.88 bits per heavy atom. The van der Waals surface area contributed by atoms with Crippen molar-refractivity contribution in [1.82, 2.24) is 20.9 Å². The average Bonchev–Trinajstić information content (AvgIpc) is 3.11. The first-order valence-corrected chi connectivity index (χ1v) is 16.2. The fourth-order valence-electron chi connectivity index (χ4n) is 3.91. The summed E-state index contributed by atoms with van der Waals surface area (Å²) >= 11 is 0. The van der Waals surface area contributed by atoms with Gasteiger partial charge in [-0.05, 0) is 38.1 Å². The lowest BCUT2D eigenvalue weighted by atomic mass is 10.0. The van der Waals surface area contributed by atoms with E-state index in [-0.39, 0.29) is 13.2 Å². The van der Waals surface area contributed by atoms with E-state index in [1.54, 1.807) is 57.1 Å². The van der Waals surface area contributed by atoms with Gasteiger partial charge in [0.1, 0.15) is 22.2 Å². The molecule has 13 nitrogen and oxygen atoms in total. The predicted octanol–water partition coefficient (Wildman–Crippen LogP) is 1.26. The zero-order valence-electron chi connectivity index (χ0n) is 24.7. The van der Waals surface area contributed by atoms with Crippen LogP contribution in [0, 0.1) is 5.92 Å². The third kappa shape index (κ3) is 12.5. The molecule has 1 rings (SSSR count). The number of hydrogen-bond acceptors (Lipinski definition) is 9. The van der Waals surface area contributed by atoms with Crippen LogP contribution in [-0.4, -0.2) is 105 Å². The van der Waals surface area contributed by atoms with Gasteiger partial charge in [-0.25, -0.2) is 4.99 Å². The molecule has 0 bridgehead atoms. The van der Waals surface area contributed by atoms with Gasteiger partial charge >= 0.3 is 0 Å². The number of rotatable bonds is 16. The second kappa shape index (κ2) is 17.9. The minimum absolute atomic E-state index is 0.114. The molecule has 4 atom stereocenters. The lowest BCUT2D eigenvalue weighted by Crippen LogP contribution is -2.49. The maximum Gasteiger partial charge on any atom is 0.275 e. The maximum atomic E-state index is 12.2. The van der Waals surface area contributed by atoms with Crippen LogP contribution in [0.1, 0.15) is 20.8 Å². The van der Waals surface area contributed by atoms with Crippen LogP contribution in [0.2, 0.25) is 0 Å². The van der Waals surface area contributed by atoms with E-state index in [2.05, 4.69) is 32.5 Å². The van der Waals surface area contributed by atoms with Crippen molar-refractivity contribution >= 4 is 31.9 Å². The molecule has 15 heteroatoms. The molecule has 6 N–H and O–H groups in total. The molecule has 0 heterocycles. The van der Waals surface area contributed by atoms with Crippen LogP contribution in [0.3, 0.4) is 0 Å². The molecule has 0 aromatic heterocycles. The number of nitrogens with one attached hydrogen (secondary N) is 3. The molecule has 42 heavy (non-hydrogen) atoms. The van der Waals surface area contributed by atoms with Crippen molar-refractivity contribution in [2.75, 3.05) is 40.3 Å². The van der Waals surface area contributed by atoms with E-state index in [9.17, 15) is 31.0 Å². The number of aliphatic imine (C=N–C) groups is 2. The van der Waals surface area contributed by atoms with Crippen LogP contribution in [0.25, 0.3) is 0 Å². The number of aliphatic hydroxyl groups excluding tert-OH is 1. The zero-order chi connectivity index (χ0) is 31.9. The van der Waals surface area contributed by atoms with Gasteiger partial charge in [-0.3, -0.25) is 19.4 Å². The van der Waals surface area contributed by atoms with Crippen molar-refractivity contribution < 1.29 is 31.0 Å². The van der Waals surface area contributed by atoms with E-state index in [1.807, 2.05) is 6.92 Å². The maximum absolute atomic E-state index is 12.2. The molecule has 4 unspecified atom stereocenters. The summed E-state index contributed by atoms with van der Waals surface area (Å²) in [5.74, 6) is 0.331. The zero-order valence-corrected chi connectivity index (χ0v) is 26.3. The van der Waals surface area contributed by atoms with Crippen LogP contribution in [0.5, 0.6) is 0 Å². The summed E-state index contributed by atoms with van der Waals surface area (Å²) in [5, 5.41) is 16.0. The van der Waals surface area contributed by atoms with Gasteiger partial charge in [-0.1, -0.05) is 49.5 Å². The quantitative estimate of drug-likeness (QED) is 0.0474. The Balaban J connectivity index is 3.35. The molecule has 0 aliphatic heterocycles. The first-order chi connectivity index (χ1) is 19.7. The Morgan fingerprint density at radius 3 is 2.40 bits per heavy atom. The third-order valence-electron chi connectivity index (χ3n) is 6.03. The highest BCUT2D eigenvalue weighted by atomic mass is 32.2. The van der Waals surface area contributed by atoms with Crippen molar-refractivity contribution in [3.63, 3.8) is 0 Å². The second-order valence-corrected chi connectivity index (χ2v) is 12.3. The van der Waals surface area contributed by atoms with Gasteiger partial charge in [-0.2, -0.15) is 16.8 Å². The predicted molar refractivity (Wildman–Crippen MR) is 168 cm³/mol. The Hall–Kier alpha value is -2.92. The van der Waals surface area contributed by atoms with Crippen LogP contribution >= 0.6 is 0 Å². The summed E-state index contributed by atoms with van der Waals surface area (Å²) < 4.78 is 67.5. The first-order valence-electron chi connectivity index (χ1n) is 13.2. The van der Waals surface area contributed by atoms with Crippen LogP contribution in [-0.2, 0) is 20.2 Å². The number of hydrogen-bond donors (Lipinski definition) is 6. The molecule has 1 aliphatic rings. The van der Waals surface area contributed by atoms with Crippen molar-refractivity contribution in [2.45, 2.75) is 37.6 Å². The molecular formula is C27H44N6O7S2. The van der Waals surface area contributed by atoms with Crippen molar-refractivity contribution in [1.29, 1.82) is 0 Å². The summed E-state index contributed by atoms with van der Waals surface area (Å²) in [6.07, 6.45) is 12.5. The van der Waals surface area contributed by atoms with Gasteiger partial charge < -0.3 is 20.6 Å². The third-order valence-corrected chi connectivity index (χ3v) is 8.18. The number of nitrogens with zero attached hydrogens (tertiary/aromatic N) is 3. The highest BCUT2D eigenvalue weighted by Crippen LogP contribution is 2.21. The number of likely N-dealkylation sites (N-methyl/N-ethyl adjacent to an activating group) is 2. The Kier molecular flexibility index (Phi) is 15.8. The van der Waals surface area contributed by atoms with Gasteiger partial charge in [0, 0.05) is 32.3 Å². The Morgan fingerprint density at radius 1 is 1.19 bits per heavy atom. The fourth-order valence-corrected chi connectivity index (χ4v) is 5.38. The SMILES string of the molecule is C=CC(C(/C=C\C)/C=C/C1=CC(S(=O)(=O)O)C=C(N/C(C)=N/C(NCCO)N(C)C(CNCC)=NC)C=C1)S(=O)(=O)O. The van der Waals surface area contributed by atoms with Crippen molar-refractivity contribution in [3.8, 4) is 0 Å². The summed E-state index contributed by atoms with van der Waals surface area (Å²) in [5.41, 5.74) is 0.688. The van der Waals surface area contributed by atoms with Crippen molar-refractivity contribution in [3.05, 3.63) is 72.5 Å². The lowest BCUT2D eigenvalue weighted by Gasteiger charge is -2.29. The fraction of sp³-hybridized carbons (Fsp3) is 0.481. The number of aliphatic hydroxyl groups is 1. The van der Waals surface area contributed by atoms with Gasteiger partial charge in [0.25, 0.3) is 20.2 Å². The van der Waals surface area contributed by atoms with E-state index in [0.717, 1.165) is 12.6 Å². The van der Waals surface area contributed by atoms with Gasteiger partial charge in [-0.15, -0.1) is 6.58 Å². The second-order valence-electron chi connectivity index (χ2n) is 9.20. The molecular weight excluding hydrogens is 584 g/mol. The van der Waals surface area contributed by atoms with E-state index >= 15 is 0 Å². The van der Waals surface area contributed by atoms with Gasteiger partial charge in [0.05, 0.1) is 13.2 Å². The van der Waals surface area contributed by atoms with Gasteiger partial charge in [0.15, 0.2) is 6.29 Å². The Labute approximate surface area is 249 Å². The topological polar surface area (TPSA) is 193 Å². The highest BCUT2D eigenvalue weighted by Gasteiger charge is 2.26. The molecule has 1 aliphatic carbocycles. The molecule has 0 saturated carbocycles. The molecule has 0 saturated heterocycles. The molecule has 0 fully saturated rings. The van der Waals surface area contributed by atoms with E-state index in [0.29, 0.717) is 29.5 Å². The van der Waals surface area contributed by atoms with E-state index in [1.165, 1.54) is 24.3 Å². The molecule has 0 aromatic rings. The lowest BCUT2D eigenvalue weighted by molar-refractivity contribution is 0.250. The monoisotopic (exact) mass is 628 g/mol. The number of allylic oxidation sites excluding steroid dienone is 7. The molecule has 236 valence electrons. The smallest absolute Gasteiger partial charge is 0.275 e. The molecule has 0 spiro atoms. The van der Waals surface area contributed by atoms with Gasteiger partial charge in [0.2, 0.25) is 0 Å². The summed E-state index contributed by atoms with van der Waals surface area (Å²) in [6.45, 7) is 10.2. The Bertz CT molecular complexity index is 1330. The van der Waals surface area contributed by atoms with Crippen LogP contribution in [0.4, 0.5) is 0 Å². The van der Waals surface area contributed by atoms with E-state index < -0.39 is 42.9 Å². The summed E-state index contributed by atoms with van der Waals surface area (Å²) in [6, 6.07) is 0. The minimum Gasteiger partial charge on any atom is -0.395 e. The number of amidine groups is 2. The first kappa shape index (κ1) is 37.1. The minimum atomic E-state index is -4.56. The molecule has 0 amide bonds. The normalized spacial score (nSPS) is 19.3. The summed E-state index contributed by atoms with van der Waals surface area (Å²) in [4.78, 5) is 10.7. The van der Waals surface area contributed by atoms with E-state index in [4.69, 9.17) is 0 Å². The summed E-state index contributed by atoms with van der Waals surface area (Å²) in [7, 11) is -5.54. The van der Waals surface area contributed by atoms with Crippen LogP contribution in [0.15, 0.2) is 82.5 Å². The van der Waals surface area contributed by atoms with Crippen molar-refractivity contribution in [2.24, 2.45) is 15.9 Å². The molecule has 0 radical (unpaired) electrons. The average molecular weight is 629 g/mol.